The summed E-state index contributed by atoms with van der Waals surface area (Å²) >= 11 is 3.32. The van der Waals surface area contributed by atoms with Crippen molar-refractivity contribution in [1.82, 2.24) is 4.72 Å². The second-order valence-electron chi connectivity index (χ2n) is 6.07. The van der Waals surface area contributed by atoms with Gasteiger partial charge < -0.3 is 14.9 Å². The van der Waals surface area contributed by atoms with Gasteiger partial charge in [-0.1, -0.05) is 15.9 Å². The molecule has 26 heavy (non-hydrogen) atoms. The number of nitrogens with one attached hydrogen (secondary N) is 1. The van der Waals surface area contributed by atoms with Crippen molar-refractivity contribution in [3.8, 4) is 11.5 Å². The molecule has 1 atom stereocenters. The lowest BCUT2D eigenvalue weighted by Gasteiger charge is -2.26. The van der Waals surface area contributed by atoms with Gasteiger partial charge in [-0.05, 0) is 62.4 Å². The van der Waals surface area contributed by atoms with Crippen molar-refractivity contribution in [3.63, 3.8) is 0 Å². The highest BCUT2D eigenvalue weighted by atomic mass is 79.9. The van der Waals surface area contributed by atoms with Gasteiger partial charge >= 0.3 is 5.97 Å². The molecular formula is C17H18BrNO6S. The number of hydrogen-bond donors (Lipinski definition) is 3. The maximum absolute atomic E-state index is 12.4. The van der Waals surface area contributed by atoms with Crippen LogP contribution in [0.15, 0.2) is 57.9 Å². The molecule has 0 heterocycles. The minimum Gasteiger partial charge on any atom is -0.480 e. The molecule has 0 aliphatic heterocycles. The summed E-state index contributed by atoms with van der Waals surface area (Å²) in [6.45, 7) is 2.42. The van der Waals surface area contributed by atoms with Crippen LogP contribution in [0.25, 0.3) is 0 Å². The summed E-state index contributed by atoms with van der Waals surface area (Å²) in [6, 6.07) is 10.9. The predicted molar refractivity (Wildman–Crippen MR) is 98.7 cm³/mol. The van der Waals surface area contributed by atoms with E-state index in [9.17, 15) is 18.3 Å². The molecule has 0 fully saturated rings. The molecule has 140 valence electrons. The molecule has 0 unspecified atom stereocenters. The normalized spacial score (nSPS) is 13.2. The smallest absolute Gasteiger partial charge is 0.324 e. The second kappa shape index (κ2) is 7.75. The number of carbonyl (C=O) groups is 1. The first-order valence-corrected chi connectivity index (χ1v) is 9.78. The van der Waals surface area contributed by atoms with Crippen molar-refractivity contribution >= 4 is 31.9 Å². The van der Waals surface area contributed by atoms with Gasteiger partial charge in [-0.25, -0.2) is 8.42 Å². The molecule has 3 N–H and O–H groups in total. The highest BCUT2D eigenvalue weighted by Crippen LogP contribution is 2.24. The molecule has 0 bridgehead atoms. The maximum Gasteiger partial charge on any atom is 0.324 e. The third-order valence-corrected chi connectivity index (χ3v) is 5.38. The predicted octanol–water partition coefficient (Wildman–Crippen LogP) is 2.74. The molecule has 2 aromatic carbocycles. The first-order chi connectivity index (χ1) is 12.0. The Morgan fingerprint density at radius 1 is 1.08 bits per heavy atom. The molecule has 2 rings (SSSR count). The van der Waals surface area contributed by atoms with Crippen LogP contribution in [0.2, 0.25) is 0 Å². The third-order valence-electron chi connectivity index (χ3n) is 3.41. The Balaban J connectivity index is 2.18. The van der Waals surface area contributed by atoms with Crippen LogP contribution in [0, 0.1) is 0 Å². The molecule has 0 aliphatic carbocycles. The number of carboxylic acid groups (broad SMARTS) is 1. The fraction of sp³-hybridized carbons (Fsp3) is 0.235. The largest absolute Gasteiger partial charge is 0.480 e. The number of ether oxygens (including phenoxy) is 1. The lowest BCUT2D eigenvalue weighted by molar-refractivity contribution is -0.144. The molecule has 0 spiro atoms. The highest BCUT2D eigenvalue weighted by molar-refractivity contribution is 9.10. The first kappa shape index (κ1) is 20.4. The molecule has 9 heteroatoms. The van der Waals surface area contributed by atoms with Crippen molar-refractivity contribution in [2.45, 2.75) is 30.4 Å². The SMILES string of the molecule is CC(C)(O)[C@H](NS(=O)(=O)c1ccc(Oc2ccc(Br)cc2)cc1)C(=O)O. The zero-order chi connectivity index (χ0) is 19.5. The van der Waals surface area contributed by atoms with Gasteiger partial charge in [-0.3, -0.25) is 4.79 Å². The van der Waals surface area contributed by atoms with E-state index in [-0.39, 0.29) is 4.90 Å². The standard InChI is InChI=1S/C17H18BrNO6S/c1-17(2,22)15(16(20)21)19-26(23,24)14-9-7-13(8-10-14)25-12-5-3-11(18)4-6-12/h3-10,15,19,22H,1-2H3,(H,20,21)/t15-/m1/s1. The number of aliphatic hydroxyl groups is 1. The van der Waals surface area contributed by atoms with Crippen LogP contribution >= 0.6 is 15.9 Å². The number of benzene rings is 2. The van der Waals surface area contributed by atoms with Gasteiger partial charge in [0.1, 0.15) is 17.5 Å². The Hall–Kier alpha value is -1.94. The van der Waals surface area contributed by atoms with Crippen molar-refractivity contribution in [3.05, 3.63) is 53.0 Å². The lowest BCUT2D eigenvalue weighted by Crippen LogP contribution is -2.53. The van der Waals surface area contributed by atoms with E-state index in [1.165, 1.54) is 38.1 Å². The van der Waals surface area contributed by atoms with Crippen LogP contribution in [0.4, 0.5) is 0 Å². The van der Waals surface area contributed by atoms with Crippen LogP contribution in [-0.4, -0.2) is 36.2 Å². The van der Waals surface area contributed by atoms with E-state index in [1.54, 1.807) is 24.3 Å². The number of sulfonamides is 1. The summed E-state index contributed by atoms with van der Waals surface area (Å²) < 4.78 is 33.2. The monoisotopic (exact) mass is 443 g/mol. The number of halogens is 1. The van der Waals surface area contributed by atoms with E-state index in [2.05, 4.69) is 15.9 Å². The van der Waals surface area contributed by atoms with Crippen LogP contribution in [-0.2, 0) is 14.8 Å². The second-order valence-corrected chi connectivity index (χ2v) is 8.70. The third kappa shape index (κ3) is 5.28. The van der Waals surface area contributed by atoms with E-state index in [0.717, 1.165) is 4.47 Å². The Labute approximate surface area is 159 Å². The van der Waals surface area contributed by atoms with Gasteiger partial charge in [0.15, 0.2) is 0 Å². The number of aliphatic carboxylic acids is 1. The average molecular weight is 444 g/mol. The van der Waals surface area contributed by atoms with Gasteiger partial charge in [-0.15, -0.1) is 0 Å². The molecule has 0 aromatic heterocycles. The van der Waals surface area contributed by atoms with Crippen LogP contribution in [0.5, 0.6) is 11.5 Å². The number of hydrogen-bond acceptors (Lipinski definition) is 5. The molecule has 0 saturated carbocycles. The van der Waals surface area contributed by atoms with E-state index in [1.807, 2.05) is 4.72 Å². The molecule has 0 aliphatic rings. The van der Waals surface area contributed by atoms with E-state index >= 15 is 0 Å². The lowest BCUT2D eigenvalue weighted by atomic mass is 10.0. The molecule has 0 amide bonds. The molecule has 0 saturated heterocycles. The minimum absolute atomic E-state index is 0.142. The average Bonchev–Trinajstić information content (AvgIpc) is 2.54. The molecular weight excluding hydrogens is 426 g/mol. The fourth-order valence-corrected chi connectivity index (χ4v) is 3.64. The number of rotatable bonds is 7. The van der Waals surface area contributed by atoms with Gasteiger partial charge in [0.25, 0.3) is 0 Å². The fourth-order valence-electron chi connectivity index (χ4n) is 2.05. The number of carboxylic acids is 1. The van der Waals surface area contributed by atoms with Crippen molar-refractivity contribution < 1.29 is 28.2 Å². The Kier molecular flexibility index (Phi) is 6.07. The van der Waals surface area contributed by atoms with E-state index in [4.69, 9.17) is 9.84 Å². The summed E-state index contributed by atoms with van der Waals surface area (Å²) in [5.74, 6) is -0.477. The van der Waals surface area contributed by atoms with Gasteiger partial charge in [0.05, 0.1) is 10.5 Å². The van der Waals surface area contributed by atoms with Crippen molar-refractivity contribution in [2.24, 2.45) is 0 Å². The highest BCUT2D eigenvalue weighted by Gasteiger charge is 2.37. The molecule has 7 nitrogen and oxygen atoms in total. The van der Waals surface area contributed by atoms with Crippen LogP contribution < -0.4 is 9.46 Å². The van der Waals surface area contributed by atoms with Gasteiger partial charge in [0, 0.05) is 4.47 Å². The molecule has 2 aromatic rings. The Bertz CT molecular complexity index is 873. The van der Waals surface area contributed by atoms with E-state index < -0.39 is 27.6 Å². The zero-order valence-electron chi connectivity index (χ0n) is 14.0. The summed E-state index contributed by atoms with van der Waals surface area (Å²) in [5.41, 5.74) is -1.77. The maximum atomic E-state index is 12.4. The summed E-state index contributed by atoms with van der Waals surface area (Å²) in [4.78, 5) is 11.1. The molecule has 0 radical (unpaired) electrons. The topological polar surface area (TPSA) is 113 Å². The minimum atomic E-state index is -4.14. The summed E-state index contributed by atoms with van der Waals surface area (Å²) in [5, 5.41) is 19.0. The van der Waals surface area contributed by atoms with Gasteiger partial charge in [-0.2, -0.15) is 4.72 Å². The van der Waals surface area contributed by atoms with Crippen LogP contribution in [0.3, 0.4) is 0 Å². The Morgan fingerprint density at radius 2 is 1.54 bits per heavy atom. The van der Waals surface area contributed by atoms with Gasteiger partial charge in [0.2, 0.25) is 10.0 Å². The quantitative estimate of drug-likeness (QED) is 0.606. The van der Waals surface area contributed by atoms with Crippen molar-refractivity contribution in [2.75, 3.05) is 0 Å². The van der Waals surface area contributed by atoms with Crippen molar-refractivity contribution in [1.29, 1.82) is 0 Å². The summed E-state index contributed by atoms with van der Waals surface area (Å²) in [7, 11) is -4.14. The first-order valence-electron chi connectivity index (χ1n) is 7.50. The van der Waals surface area contributed by atoms with Crippen LogP contribution in [0.1, 0.15) is 13.8 Å². The Morgan fingerprint density at radius 3 is 1.96 bits per heavy atom. The summed E-state index contributed by atoms with van der Waals surface area (Å²) in [6.07, 6.45) is 0. The zero-order valence-corrected chi connectivity index (χ0v) is 16.4. The van der Waals surface area contributed by atoms with E-state index in [0.29, 0.717) is 11.5 Å².